The number of nitrogens with one attached hydrogen (secondary N) is 2. The summed E-state index contributed by atoms with van der Waals surface area (Å²) >= 11 is 0. The summed E-state index contributed by atoms with van der Waals surface area (Å²) in [4.78, 5) is 23.5. The molecule has 25 heavy (non-hydrogen) atoms. The molecule has 0 bridgehead atoms. The van der Waals surface area contributed by atoms with Gasteiger partial charge in [0, 0.05) is 6.54 Å². The van der Waals surface area contributed by atoms with E-state index in [-0.39, 0.29) is 6.61 Å². The lowest BCUT2D eigenvalue weighted by molar-refractivity contribution is -0.140. The van der Waals surface area contributed by atoms with E-state index in [1.807, 2.05) is 32.0 Å². The Morgan fingerprint density at radius 1 is 1.08 bits per heavy atom. The lowest BCUT2D eigenvalue weighted by atomic mass is 10.1. The van der Waals surface area contributed by atoms with Crippen LogP contribution >= 0.6 is 0 Å². The minimum absolute atomic E-state index is 0.252. The molecule has 0 atom stereocenters. The van der Waals surface area contributed by atoms with E-state index in [0.29, 0.717) is 37.7 Å². The van der Waals surface area contributed by atoms with E-state index in [4.69, 9.17) is 14.6 Å². The summed E-state index contributed by atoms with van der Waals surface area (Å²) in [5.41, 5.74) is 0.124. The number of aliphatic hydroxyl groups is 1. The summed E-state index contributed by atoms with van der Waals surface area (Å²) in [6, 6.07) is 5.60. The van der Waals surface area contributed by atoms with Gasteiger partial charge in [0.25, 0.3) is 0 Å². The number of aliphatic hydroxyl groups excluding tert-OH is 1. The zero-order valence-electron chi connectivity index (χ0n) is 15.3. The van der Waals surface area contributed by atoms with Crippen molar-refractivity contribution in [1.29, 1.82) is 0 Å². The SMILES string of the molecule is CCOc1ccc(CCNC(=O)C(=O)NC(C)(C)CO)cc1OCC. The molecule has 0 radical (unpaired) electrons. The standard InChI is InChI=1S/C18H28N2O5/c1-5-24-14-8-7-13(11-15(14)25-6-2)9-10-19-16(22)17(23)20-18(3,4)12-21/h7-8,11,21H,5-6,9-10,12H2,1-4H3,(H,19,22)(H,20,23). The largest absolute Gasteiger partial charge is 0.490 e. The Balaban J connectivity index is 2.56. The van der Waals surface area contributed by atoms with Crippen LogP contribution in [0.5, 0.6) is 11.5 Å². The van der Waals surface area contributed by atoms with Gasteiger partial charge in [0.1, 0.15) is 0 Å². The Kier molecular flexibility index (Phi) is 8.21. The molecule has 3 N–H and O–H groups in total. The Hall–Kier alpha value is -2.28. The summed E-state index contributed by atoms with van der Waals surface area (Å²) in [5, 5.41) is 14.1. The van der Waals surface area contributed by atoms with Gasteiger partial charge in [-0.05, 0) is 51.8 Å². The van der Waals surface area contributed by atoms with Crippen molar-refractivity contribution in [3.8, 4) is 11.5 Å². The van der Waals surface area contributed by atoms with Crippen molar-refractivity contribution in [2.45, 2.75) is 39.7 Å². The second kappa shape index (κ2) is 9.88. The highest BCUT2D eigenvalue weighted by Gasteiger charge is 2.23. The average molecular weight is 352 g/mol. The first-order chi connectivity index (χ1) is 11.8. The Morgan fingerprint density at radius 2 is 1.72 bits per heavy atom. The number of hydrogen-bond donors (Lipinski definition) is 3. The van der Waals surface area contributed by atoms with Crippen molar-refractivity contribution < 1.29 is 24.2 Å². The van der Waals surface area contributed by atoms with E-state index in [1.165, 1.54) is 0 Å². The summed E-state index contributed by atoms with van der Waals surface area (Å²) < 4.78 is 11.1. The van der Waals surface area contributed by atoms with Crippen LogP contribution in [0.15, 0.2) is 18.2 Å². The third-order valence-corrected chi connectivity index (χ3v) is 3.36. The summed E-state index contributed by atoms with van der Waals surface area (Å²) in [6.07, 6.45) is 0.550. The molecule has 0 fully saturated rings. The monoisotopic (exact) mass is 352 g/mol. The lowest BCUT2D eigenvalue weighted by Gasteiger charge is -2.22. The molecule has 7 nitrogen and oxygen atoms in total. The van der Waals surface area contributed by atoms with E-state index >= 15 is 0 Å². The molecule has 0 aliphatic carbocycles. The van der Waals surface area contributed by atoms with Crippen LogP contribution in [-0.4, -0.2) is 48.8 Å². The van der Waals surface area contributed by atoms with Gasteiger partial charge in [-0.1, -0.05) is 6.07 Å². The van der Waals surface area contributed by atoms with E-state index in [0.717, 1.165) is 5.56 Å². The number of carbonyl (C=O) groups is 2. The van der Waals surface area contributed by atoms with E-state index < -0.39 is 17.4 Å². The molecule has 0 aliphatic rings. The van der Waals surface area contributed by atoms with E-state index in [9.17, 15) is 9.59 Å². The summed E-state index contributed by atoms with van der Waals surface area (Å²) in [6.45, 7) is 8.21. The molecule has 7 heteroatoms. The highest BCUT2D eigenvalue weighted by molar-refractivity contribution is 6.35. The maximum absolute atomic E-state index is 11.8. The van der Waals surface area contributed by atoms with E-state index in [2.05, 4.69) is 10.6 Å². The van der Waals surface area contributed by atoms with Gasteiger partial charge in [-0.25, -0.2) is 0 Å². The zero-order valence-corrected chi connectivity index (χ0v) is 15.3. The number of ether oxygens (including phenoxy) is 2. The summed E-state index contributed by atoms with van der Waals surface area (Å²) in [7, 11) is 0. The fourth-order valence-corrected chi connectivity index (χ4v) is 2.06. The van der Waals surface area contributed by atoms with Gasteiger partial charge < -0.3 is 25.2 Å². The molecular weight excluding hydrogens is 324 g/mol. The molecule has 0 saturated carbocycles. The van der Waals surface area contributed by atoms with Gasteiger partial charge in [-0.3, -0.25) is 9.59 Å². The van der Waals surface area contributed by atoms with Crippen LogP contribution in [0.25, 0.3) is 0 Å². The molecule has 0 saturated heterocycles. The van der Waals surface area contributed by atoms with Crippen molar-refractivity contribution in [3.63, 3.8) is 0 Å². The first kappa shape index (κ1) is 20.8. The smallest absolute Gasteiger partial charge is 0.309 e. The molecule has 0 spiro atoms. The second-order valence-electron chi connectivity index (χ2n) is 6.15. The maximum Gasteiger partial charge on any atom is 0.309 e. The van der Waals surface area contributed by atoms with Gasteiger partial charge in [0.05, 0.1) is 25.4 Å². The third kappa shape index (κ3) is 7.01. The molecule has 1 rings (SSSR count). The van der Waals surface area contributed by atoms with Crippen LogP contribution in [0.3, 0.4) is 0 Å². The van der Waals surface area contributed by atoms with Gasteiger partial charge in [0.2, 0.25) is 0 Å². The lowest BCUT2D eigenvalue weighted by Crippen LogP contribution is -2.51. The van der Waals surface area contributed by atoms with Crippen molar-refractivity contribution in [1.82, 2.24) is 10.6 Å². The minimum atomic E-state index is -0.837. The highest BCUT2D eigenvalue weighted by Crippen LogP contribution is 2.28. The average Bonchev–Trinajstić information content (AvgIpc) is 2.57. The van der Waals surface area contributed by atoms with Gasteiger partial charge in [-0.15, -0.1) is 0 Å². The number of carbonyl (C=O) groups excluding carboxylic acids is 2. The predicted octanol–water partition coefficient (Wildman–Crippen LogP) is 1.03. The van der Waals surface area contributed by atoms with Crippen LogP contribution < -0.4 is 20.1 Å². The van der Waals surface area contributed by atoms with Crippen molar-refractivity contribution in [2.24, 2.45) is 0 Å². The van der Waals surface area contributed by atoms with Gasteiger partial charge >= 0.3 is 11.8 Å². The maximum atomic E-state index is 11.8. The molecule has 0 aromatic heterocycles. The molecule has 2 amide bonds. The first-order valence-electron chi connectivity index (χ1n) is 8.42. The molecule has 0 heterocycles. The highest BCUT2D eigenvalue weighted by atomic mass is 16.5. The predicted molar refractivity (Wildman–Crippen MR) is 94.8 cm³/mol. The Morgan fingerprint density at radius 3 is 2.32 bits per heavy atom. The quantitative estimate of drug-likeness (QED) is 0.577. The third-order valence-electron chi connectivity index (χ3n) is 3.36. The molecule has 1 aromatic carbocycles. The van der Waals surface area contributed by atoms with Crippen molar-refractivity contribution >= 4 is 11.8 Å². The Bertz CT molecular complexity index is 587. The fourth-order valence-electron chi connectivity index (χ4n) is 2.06. The number of amides is 2. The first-order valence-corrected chi connectivity index (χ1v) is 8.42. The molecule has 0 unspecified atom stereocenters. The summed E-state index contributed by atoms with van der Waals surface area (Å²) in [5.74, 6) is -0.142. The number of benzene rings is 1. The zero-order chi connectivity index (χ0) is 18.9. The second-order valence-corrected chi connectivity index (χ2v) is 6.15. The normalized spacial score (nSPS) is 10.9. The van der Waals surface area contributed by atoms with Gasteiger partial charge in [-0.2, -0.15) is 0 Å². The van der Waals surface area contributed by atoms with Crippen LogP contribution in [0.4, 0.5) is 0 Å². The van der Waals surface area contributed by atoms with E-state index in [1.54, 1.807) is 13.8 Å². The van der Waals surface area contributed by atoms with Crippen molar-refractivity contribution in [3.05, 3.63) is 23.8 Å². The molecular formula is C18H28N2O5. The topological polar surface area (TPSA) is 96.9 Å². The van der Waals surface area contributed by atoms with Crippen LogP contribution in [0.2, 0.25) is 0 Å². The minimum Gasteiger partial charge on any atom is -0.490 e. The number of rotatable bonds is 9. The molecule has 140 valence electrons. The van der Waals surface area contributed by atoms with Crippen LogP contribution in [0.1, 0.15) is 33.3 Å². The Labute approximate surface area is 148 Å². The van der Waals surface area contributed by atoms with Gasteiger partial charge in [0.15, 0.2) is 11.5 Å². The van der Waals surface area contributed by atoms with Crippen LogP contribution in [0, 0.1) is 0 Å². The van der Waals surface area contributed by atoms with Crippen molar-refractivity contribution in [2.75, 3.05) is 26.4 Å². The fraction of sp³-hybridized carbons (Fsp3) is 0.556. The molecule has 0 aliphatic heterocycles. The van der Waals surface area contributed by atoms with Crippen LogP contribution in [-0.2, 0) is 16.0 Å². The molecule has 1 aromatic rings. The number of hydrogen-bond acceptors (Lipinski definition) is 5.